The third kappa shape index (κ3) is 10.6. The molecule has 4 nitrogen and oxygen atoms in total. The second kappa shape index (κ2) is 9.57. The maximum atomic E-state index is 11.3. The lowest BCUT2D eigenvalue weighted by Gasteiger charge is -2.06. The van der Waals surface area contributed by atoms with Gasteiger partial charge < -0.3 is 4.74 Å². The predicted molar refractivity (Wildman–Crippen MR) is 65.9 cm³/mol. The normalized spacial score (nSPS) is 11.9. The van der Waals surface area contributed by atoms with Gasteiger partial charge in [-0.1, -0.05) is 29.3 Å². The van der Waals surface area contributed by atoms with E-state index < -0.39 is 10.0 Å². The summed E-state index contributed by atoms with van der Waals surface area (Å²) >= 11 is 3.24. The summed E-state index contributed by atoms with van der Waals surface area (Å²) in [6.07, 6.45) is 2.34. The predicted octanol–water partition coefficient (Wildman–Crippen LogP) is 1.51. The van der Waals surface area contributed by atoms with Crippen molar-refractivity contribution in [3.05, 3.63) is 0 Å². The van der Waals surface area contributed by atoms with Crippen LogP contribution in [0.2, 0.25) is 0 Å². The van der Waals surface area contributed by atoms with E-state index in [2.05, 4.69) is 20.7 Å². The fraction of sp³-hybridized carbons (Fsp3) is 1.00. The molecule has 6 heteroatoms. The maximum Gasteiger partial charge on any atom is 0.211 e. The molecule has 0 saturated carbocycles. The van der Waals surface area contributed by atoms with Crippen LogP contribution in [-0.4, -0.2) is 39.3 Å². The minimum absolute atomic E-state index is 0.228. The molecule has 0 aliphatic carbocycles. The lowest BCUT2D eigenvalue weighted by atomic mass is 10.4. The molecule has 92 valence electrons. The molecule has 0 aliphatic rings. The van der Waals surface area contributed by atoms with Gasteiger partial charge in [0.25, 0.3) is 0 Å². The summed E-state index contributed by atoms with van der Waals surface area (Å²) in [5.41, 5.74) is 0. The van der Waals surface area contributed by atoms with E-state index in [9.17, 15) is 8.42 Å². The van der Waals surface area contributed by atoms with Crippen LogP contribution in [0.1, 0.15) is 26.2 Å². The highest BCUT2D eigenvalue weighted by molar-refractivity contribution is 9.09. The zero-order chi connectivity index (χ0) is 11.6. The summed E-state index contributed by atoms with van der Waals surface area (Å²) in [5.74, 6) is 0.228. The van der Waals surface area contributed by atoms with Gasteiger partial charge >= 0.3 is 0 Å². The minimum atomic E-state index is -3.05. The van der Waals surface area contributed by atoms with Crippen molar-refractivity contribution in [2.75, 3.05) is 30.8 Å². The monoisotopic (exact) mass is 301 g/mol. The zero-order valence-electron chi connectivity index (χ0n) is 9.17. The molecular weight excluding hydrogens is 282 g/mol. The van der Waals surface area contributed by atoms with Crippen molar-refractivity contribution in [1.29, 1.82) is 0 Å². The number of halogens is 1. The van der Waals surface area contributed by atoms with Crippen molar-refractivity contribution >= 4 is 26.0 Å². The van der Waals surface area contributed by atoms with Gasteiger partial charge in [0.15, 0.2) is 0 Å². The Hall–Kier alpha value is 0.350. The Labute approximate surface area is 101 Å². The molecule has 0 aromatic heterocycles. The quantitative estimate of drug-likeness (QED) is 0.491. The van der Waals surface area contributed by atoms with Crippen molar-refractivity contribution in [1.82, 2.24) is 4.72 Å². The second-order valence-corrected chi connectivity index (χ2v) is 5.94. The first-order valence-electron chi connectivity index (χ1n) is 5.23. The first-order valence-corrected chi connectivity index (χ1v) is 8.01. The van der Waals surface area contributed by atoms with E-state index in [1.54, 1.807) is 0 Å². The number of nitrogens with one attached hydrogen (secondary N) is 1. The van der Waals surface area contributed by atoms with Gasteiger partial charge in [0.1, 0.15) is 0 Å². The van der Waals surface area contributed by atoms with E-state index in [0.29, 0.717) is 19.8 Å². The van der Waals surface area contributed by atoms with Gasteiger partial charge in [-0.2, -0.15) is 0 Å². The van der Waals surface area contributed by atoms with Crippen molar-refractivity contribution in [3.63, 3.8) is 0 Å². The summed E-state index contributed by atoms with van der Waals surface area (Å²) in [5, 5.41) is 0.815. The van der Waals surface area contributed by atoms with E-state index in [-0.39, 0.29) is 5.75 Å². The van der Waals surface area contributed by atoms with Crippen LogP contribution in [0, 0.1) is 0 Å². The fourth-order valence-electron chi connectivity index (χ4n) is 0.965. The highest BCUT2D eigenvalue weighted by Crippen LogP contribution is 1.93. The lowest BCUT2D eigenvalue weighted by Crippen LogP contribution is -2.28. The summed E-state index contributed by atoms with van der Waals surface area (Å²) in [7, 11) is -3.05. The van der Waals surface area contributed by atoms with Crippen LogP contribution in [0.25, 0.3) is 0 Å². The first-order chi connectivity index (χ1) is 7.12. The second-order valence-electron chi connectivity index (χ2n) is 3.22. The van der Waals surface area contributed by atoms with E-state index in [1.807, 2.05) is 6.92 Å². The maximum absolute atomic E-state index is 11.3. The standard InChI is InChI=1S/C9H20BrNO3S/c1-2-3-9-15(12,13)11-6-4-7-14-8-5-10/h11H,2-9H2,1H3. The Kier molecular flexibility index (Phi) is 9.79. The van der Waals surface area contributed by atoms with Gasteiger partial charge in [-0.05, 0) is 12.8 Å². The van der Waals surface area contributed by atoms with Crippen molar-refractivity contribution in [3.8, 4) is 0 Å². The van der Waals surface area contributed by atoms with E-state index in [4.69, 9.17) is 4.74 Å². The van der Waals surface area contributed by atoms with Crippen LogP contribution in [-0.2, 0) is 14.8 Å². The molecule has 0 saturated heterocycles. The molecule has 0 aliphatic heterocycles. The molecule has 0 fully saturated rings. The molecule has 0 amide bonds. The van der Waals surface area contributed by atoms with Crippen LogP contribution in [0.5, 0.6) is 0 Å². The van der Waals surface area contributed by atoms with Gasteiger partial charge in [-0.15, -0.1) is 0 Å². The van der Waals surface area contributed by atoms with Gasteiger partial charge in [-0.3, -0.25) is 0 Å². The van der Waals surface area contributed by atoms with Gasteiger partial charge in [-0.25, -0.2) is 13.1 Å². The topological polar surface area (TPSA) is 55.4 Å². The molecule has 0 unspecified atom stereocenters. The number of sulfonamides is 1. The summed E-state index contributed by atoms with van der Waals surface area (Å²) in [4.78, 5) is 0. The number of ether oxygens (including phenoxy) is 1. The molecule has 0 spiro atoms. The van der Waals surface area contributed by atoms with Gasteiger partial charge in [0.05, 0.1) is 12.4 Å². The lowest BCUT2D eigenvalue weighted by molar-refractivity contribution is 0.149. The average molecular weight is 302 g/mol. The highest BCUT2D eigenvalue weighted by Gasteiger charge is 2.07. The summed E-state index contributed by atoms with van der Waals surface area (Å²) in [6.45, 7) is 3.71. The van der Waals surface area contributed by atoms with Gasteiger partial charge in [0, 0.05) is 18.5 Å². The molecule has 0 heterocycles. The molecule has 15 heavy (non-hydrogen) atoms. The Balaban J connectivity index is 3.41. The summed E-state index contributed by atoms with van der Waals surface area (Å²) in [6, 6.07) is 0. The SMILES string of the molecule is CCCCS(=O)(=O)NCCCOCCBr. The van der Waals surface area contributed by atoms with Crippen LogP contribution < -0.4 is 4.72 Å². The Bertz CT molecular complexity index is 232. The van der Waals surface area contributed by atoms with Gasteiger partial charge in [0.2, 0.25) is 10.0 Å². The Morgan fingerprint density at radius 2 is 2.00 bits per heavy atom. The third-order valence-corrected chi connectivity index (χ3v) is 3.57. The molecule has 1 N–H and O–H groups in total. The fourth-order valence-corrected chi connectivity index (χ4v) is 2.46. The minimum Gasteiger partial charge on any atom is -0.381 e. The number of hydrogen-bond donors (Lipinski definition) is 1. The van der Waals surface area contributed by atoms with Crippen LogP contribution in [0.4, 0.5) is 0 Å². The van der Waals surface area contributed by atoms with Crippen molar-refractivity contribution in [2.45, 2.75) is 26.2 Å². The van der Waals surface area contributed by atoms with E-state index in [0.717, 1.165) is 24.6 Å². The molecule has 0 rings (SSSR count). The van der Waals surface area contributed by atoms with Crippen LogP contribution in [0.15, 0.2) is 0 Å². The zero-order valence-corrected chi connectivity index (χ0v) is 11.6. The highest BCUT2D eigenvalue weighted by atomic mass is 79.9. The third-order valence-electron chi connectivity index (χ3n) is 1.78. The van der Waals surface area contributed by atoms with Crippen molar-refractivity contribution < 1.29 is 13.2 Å². The number of rotatable bonds is 10. The Morgan fingerprint density at radius 3 is 2.60 bits per heavy atom. The van der Waals surface area contributed by atoms with Crippen molar-refractivity contribution in [2.24, 2.45) is 0 Å². The number of hydrogen-bond acceptors (Lipinski definition) is 3. The first kappa shape index (κ1) is 15.3. The molecule has 0 aromatic rings. The van der Waals surface area contributed by atoms with Crippen LogP contribution in [0.3, 0.4) is 0 Å². The number of unbranched alkanes of at least 4 members (excludes halogenated alkanes) is 1. The largest absolute Gasteiger partial charge is 0.381 e. The molecule has 0 radical (unpaired) electrons. The van der Waals surface area contributed by atoms with E-state index >= 15 is 0 Å². The molecular formula is C9H20BrNO3S. The number of alkyl halides is 1. The smallest absolute Gasteiger partial charge is 0.211 e. The van der Waals surface area contributed by atoms with E-state index in [1.165, 1.54) is 0 Å². The molecule has 0 atom stereocenters. The average Bonchev–Trinajstić information content (AvgIpc) is 2.20. The summed E-state index contributed by atoms with van der Waals surface area (Å²) < 4.78 is 30.4. The molecule has 0 aromatic carbocycles. The Morgan fingerprint density at radius 1 is 1.27 bits per heavy atom. The molecule has 0 bridgehead atoms. The van der Waals surface area contributed by atoms with Crippen LogP contribution >= 0.6 is 15.9 Å².